The molecular formula is C13H19NO3. The molecule has 0 fully saturated rings. The molecule has 17 heavy (non-hydrogen) atoms. The zero-order valence-electron chi connectivity index (χ0n) is 10.7. The highest BCUT2D eigenvalue weighted by atomic mass is 16.5. The van der Waals surface area contributed by atoms with Crippen molar-refractivity contribution in [3.05, 3.63) is 29.3 Å². The van der Waals surface area contributed by atoms with Crippen molar-refractivity contribution in [2.24, 2.45) is 0 Å². The van der Waals surface area contributed by atoms with Crippen LogP contribution in [0.4, 0.5) is 5.69 Å². The van der Waals surface area contributed by atoms with Gasteiger partial charge in [-0.1, -0.05) is 6.07 Å². The van der Waals surface area contributed by atoms with E-state index in [1.54, 1.807) is 6.92 Å². The molecule has 0 bridgehead atoms. The molecule has 1 rings (SSSR count). The number of anilines is 1. The van der Waals surface area contributed by atoms with E-state index >= 15 is 0 Å². The Morgan fingerprint density at radius 1 is 1.41 bits per heavy atom. The summed E-state index contributed by atoms with van der Waals surface area (Å²) in [6.45, 7) is 5.73. The maximum atomic E-state index is 11.2. The van der Waals surface area contributed by atoms with Gasteiger partial charge in [-0.15, -0.1) is 0 Å². The van der Waals surface area contributed by atoms with E-state index in [2.05, 4.69) is 5.32 Å². The monoisotopic (exact) mass is 237 g/mol. The van der Waals surface area contributed by atoms with Crippen LogP contribution in [0.25, 0.3) is 0 Å². The fourth-order valence-electron chi connectivity index (χ4n) is 1.58. The smallest absolute Gasteiger partial charge is 0.331 e. The van der Waals surface area contributed by atoms with Crippen LogP contribution in [0.2, 0.25) is 0 Å². The second kappa shape index (κ2) is 5.19. The number of aryl methyl sites for hydroxylation is 2. The number of hydrogen-bond acceptors (Lipinski definition) is 3. The van der Waals surface area contributed by atoms with Gasteiger partial charge in [0.1, 0.15) is 0 Å². The van der Waals surface area contributed by atoms with Crippen LogP contribution in [0.15, 0.2) is 18.2 Å². The Labute approximate surface area is 102 Å². The second-order valence-electron chi connectivity index (χ2n) is 4.49. The van der Waals surface area contributed by atoms with Crippen LogP contribution in [0.1, 0.15) is 18.1 Å². The highest BCUT2D eigenvalue weighted by Gasteiger charge is 2.33. The molecule has 0 aliphatic rings. The highest BCUT2D eigenvalue weighted by molar-refractivity contribution is 5.82. The predicted molar refractivity (Wildman–Crippen MR) is 67.5 cm³/mol. The van der Waals surface area contributed by atoms with Crippen molar-refractivity contribution in [2.75, 3.05) is 19.0 Å². The average molecular weight is 237 g/mol. The van der Waals surface area contributed by atoms with Gasteiger partial charge in [-0.3, -0.25) is 0 Å². The van der Waals surface area contributed by atoms with Crippen LogP contribution in [-0.4, -0.2) is 30.3 Å². The van der Waals surface area contributed by atoms with Gasteiger partial charge < -0.3 is 15.2 Å². The summed E-state index contributed by atoms with van der Waals surface area (Å²) >= 11 is 0. The first-order chi connectivity index (χ1) is 7.89. The van der Waals surface area contributed by atoms with Gasteiger partial charge in [-0.2, -0.15) is 0 Å². The molecule has 0 spiro atoms. The number of nitrogens with one attached hydrogen (secondary N) is 1. The molecule has 1 aromatic carbocycles. The Morgan fingerprint density at radius 3 is 2.53 bits per heavy atom. The largest absolute Gasteiger partial charge is 0.479 e. The Morgan fingerprint density at radius 2 is 2.06 bits per heavy atom. The van der Waals surface area contributed by atoms with E-state index in [0.29, 0.717) is 0 Å². The molecule has 1 unspecified atom stereocenters. The molecule has 0 aromatic heterocycles. The van der Waals surface area contributed by atoms with Crippen molar-refractivity contribution >= 4 is 11.7 Å². The molecule has 1 atom stereocenters. The summed E-state index contributed by atoms with van der Waals surface area (Å²) in [5, 5.41) is 12.2. The van der Waals surface area contributed by atoms with Gasteiger partial charge >= 0.3 is 5.97 Å². The molecule has 1 aromatic rings. The van der Waals surface area contributed by atoms with Crippen LogP contribution >= 0.6 is 0 Å². The van der Waals surface area contributed by atoms with Gasteiger partial charge in [0.2, 0.25) is 0 Å². The van der Waals surface area contributed by atoms with Crippen LogP contribution in [-0.2, 0) is 9.53 Å². The lowest BCUT2D eigenvalue weighted by molar-refractivity contribution is -0.143. The van der Waals surface area contributed by atoms with Crippen molar-refractivity contribution in [3.8, 4) is 0 Å². The Kier molecular flexibility index (Phi) is 4.12. The van der Waals surface area contributed by atoms with E-state index in [9.17, 15) is 9.90 Å². The summed E-state index contributed by atoms with van der Waals surface area (Å²) in [5.74, 6) is -0.933. The minimum Gasteiger partial charge on any atom is -0.479 e. The first-order valence-electron chi connectivity index (χ1n) is 5.47. The van der Waals surface area contributed by atoms with E-state index in [4.69, 9.17) is 4.74 Å². The summed E-state index contributed by atoms with van der Waals surface area (Å²) < 4.78 is 4.95. The minimum absolute atomic E-state index is 0.106. The van der Waals surface area contributed by atoms with Crippen molar-refractivity contribution in [3.63, 3.8) is 0 Å². The van der Waals surface area contributed by atoms with Crippen molar-refractivity contribution in [1.29, 1.82) is 0 Å². The summed E-state index contributed by atoms with van der Waals surface area (Å²) in [6, 6.07) is 5.78. The zero-order chi connectivity index (χ0) is 13.1. The molecule has 0 aliphatic heterocycles. The first kappa shape index (κ1) is 13.5. The SMILES string of the molecule is COCC(C)(Nc1ccc(C)c(C)c1)C(=O)O. The van der Waals surface area contributed by atoms with Gasteiger partial charge in [0.25, 0.3) is 0 Å². The second-order valence-corrected chi connectivity index (χ2v) is 4.49. The van der Waals surface area contributed by atoms with Gasteiger partial charge in [0.15, 0.2) is 5.54 Å². The third kappa shape index (κ3) is 3.20. The lowest BCUT2D eigenvalue weighted by Gasteiger charge is -2.26. The van der Waals surface area contributed by atoms with Crippen molar-refractivity contribution < 1.29 is 14.6 Å². The normalized spacial score (nSPS) is 14.1. The number of ether oxygens (including phenoxy) is 1. The highest BCUT2D eigenvalue weighted by Crippen LogP contribution is 2.19. The predicted octanol–water partition coefficient (Wildman–Crippen LogP) is 2.21. The molecule has 0 heterocycles. The van der Waals surface area contributed by atoms with Gasteiger partial charge in [-0.25, -0.2) is 4.79 Å². The molecule has 0 saturated carbocycles. The quantitative estimate of drug-likeness (QED) is 0.824. The Hall–Kier alpha value is -1.55. The van der Waals surface area contributed by atoms with Crippen LogP contribution in [0.5, 0.6) is 0 Å². The van der Waals surface area contributed by atoms with Crippen LogP contribution in [0, 0.1) is 13.8 Å². The van der Waals surface area contributed by atoms with E-state index in [-0.39, 0.29) is 6.61 Å². The molecule has 0 saturated heterocycles. The van der Waals surface area contributed by atoms with Gasteiger partial charge in [0.05, 0.1) is 6.61 Å². The summed E-state index contributed by atoms with van der Waals surface area (Å²) in [7, 11) is 1.49. The zero-order valence-corrected chi connectivity index (χ0v) is 10.7. The number of carboxylic acids is 1. The molecule has 0 aliphatic carbocycles. The first-order valence-corrected chi connectivity index (χ1v) is 5.47. The minimum atomic E-state index is -1.11. The van der Waals surface area contributed by atoms with Crippen molar-refractivity contribution in [1.82, 2.24) is 0 Å². The maximum Gasteiger partial charge on any atom is 0.331 e. The number of methoxy groups -OCH3 is 1. The summed E-state index contributed by atoms with van der Waals surface area (Å²) in [4.78, 5) is 11.2. The molecule has 0 amide bonds. The fourth-order valence-corrected chi connectivity index (χ4v) is 1.58. The van der Waals surface area contributed by atoms with E-state index in [1.165, 1.54) is 12.7 Å². The third-order valence-corrected chi connectivity index (χ3v) is 2.83. The number of carbonyl (C=O) groups is 1. The van der Waals surface area contributed by atoms with E-state index in [1.807, 2.05) is 32.0 Å². The number of benzene rings is 1. The summed E-state index contributed by atoms with van der Waals surface area (Å²) in [6.07, 6.45) is 0. The topological polar surface area (TPSA) is 58.6 Å². The number of carboxylic acid groups (broad SMARTS) is 1. The van der Waals surface area contributed by atoms with E-state index < -0.39 is 11.5 Å². The maximum absolute atomic E-state index is 11.2. The summed E-state index contributed by atoms with van der Waals surface area (Å²) in [5.41, 5.74) is 1.98. The molecule has 0 radical (unpaired) electrons. The Bertz CT molecular complexity index is 417. The van der Waals surface area contributed by atoms with Gasteiger partial charge in [0, 0.05) is 12.8 Å². The molecule has 2 N–H and O–H groups in total. The van der Waals surface area contributed by atoms with Crippen LogP contribution in [0.3, 0.4) is 0 Å². The molecule has 94 valence electrons. The Balaban J connectivity index is 2.94. The molecular weight excluding hydrogens is 218 g/mol. The van der Waals surface area contributed by atoms with Gasteiger partial charge in [-0.05, 0) is 44.0 Å². The molecule has 4 nitrogen and oxygen atoms in total. The average Bonchev–Trinajstić information content (AvgIpc) is 2.23. The fraction of sp³-hybridized carbons (Fsp3) is 0.462. The van der Waals surface area contributed by atoms with Crippen LogP contribution < -0.4 is 5.32 Å². The third-order valence-electron chi connectivity index (χ3n) is 2.83. The van der Waals surface area contributed by atoms with E-state index in [0.717, 1.165) is 11.3 Å². The number of hydrogen-bond donors (Lipinski definition) is 2. The number of aliphatic carboxylic acids is 1. The molecule has 4 heteroatoms. The lowest BCUT2D eigenvalue weighted by atomic mass is 10.0. The lowest BCUT2D eigenvalue weighted by Crippen LogP contribution is -2.47. The standard InChI is InChI=1S/C13H19NO3/c1-9-5-6-11(7-10(9)2)14-13(3,8-17-4)12(15)16/h5-7,14H,8H2,1-4H3,(H,15,16). The van der Waals surface area contributed by atoms with Crippen molar-refractivity contribution in [2.45, 2.75) is 26.3 Å². The number of rotatable bonds is 5.